The maximum atomic E-state index is 13.5. The fourth-order valence-corrected chi connectivity index (χ4v) is 2.23. The lowest BCUT2D eigenvalue weighted by molar-refractivity contribution is 0.490. The molecular weight excluding hydrogens is 230 g/mol. The topological polar surface area (TPSA) is 0 Å². The number of halogens is 3. The highest BCUT2D eigenvalue weighted by atomic mass is 35.5. The van der Waals surface area contributed by atoms with Gasteiger partial charge in [-0.25, -0.2) is 8.78 Å². The van der Waals surface area contributed by atoms with Crippen molar-refractivity contribution in [1.29, 1.82) is 0 Å². The van der Waals surface area contributed by atoms with Crippen molar-refractivity contribution in [3.8, 4) is 0 Å². The van der Waals surface area contributed by atoms with Gasteiger partial charge in [0, 0.05) is 5.38 Å². The number of rotatable bonds is 4. The molecule has 3 heteroatoms. The molecule has 0 heterocycles. The number of hydrogen-bond donors (Lipinski definition) is 0. The van der Waals surface area contributed by atoms with Gasteiger partial charge in [-0.15, -0.1) is 11.6 Å². The number of benzene rings is 1. The van der Waals surface area contributed by atoms with Gasteiger partial charge >= 0.3 is 0 Å². The van der Waals surface area contributed by atoms with Gasteiger partial charge in [-0.1, -0.05) is 12.1 Å². The van der Waals surface area contributed by atoms with Crippen molar-refractivity contribution in [3.05, 3.63) is 34.9 Å². The fraction of sp³-hybridized carbons (Fsp3) is 0.538. The van der Waals surface area contributed by atoms with E-state index in [-0.39, 0.29) is 5.38 Å². The van der Waals surface area contributed by atoms with Crippen LogP contribution in [0.15, 0.2) is 12.1 Å². The molecule has 2 rings (SSSR count). The van der Waals surface area contributed by atoms with Crippen LogP contribution in [-0.4, -0.2) is 5.38 Å². The van der Waals surface area contributed by atoms with Gasteiger partial charge in [0.15, 0.2) is 11.6 Å². The normalized spacial score (nSPS) is 17.5. The van der Waals surface area contributed by atoms with E-state index in [1.165, 1.54) is 12.8 Å². The predicted molar refractivity (Wildman–Crippen MR) is 61.8 cm³/mol. The van der Waals surface area contributed by atoms with Crippen LogP contribution in [0.3, 0.4) is 0 Å². The molecule has 1 atom stereocenters. The molecule has 0 spiro atoms. The van der Waals surface area contributed by atoms with Crippen LogP contribution in [0.25, 0.3) is 0 Å². The molecule has 0 saturated heterocycles. The second-order valence-corrected chi connectivity index (χ2v) is 5.12. The first-order chi connectivity index (χ1) is 7.59. The Balaban J connectivity index is 2.01. The van der Waals surface area contributed by atoms with Crippen LogP contribution in [-0.2, 0) is 6.42 Å². The van der Waals surface area contributed by atoms with Gasteiger partial charge in [-0.2, -0.15) is 0 Å². The summed E-state index contributed by atoms with van der Waals surface area (Å²) in [5, 5.41) is 0.115. The molecular formula is C13H15ClF2. The molecule has 0 amide bonds. The summed E-state index contributed by atoms with van der Waals surface area (Å²) >= 11 is 6.14. The Labute approximate surface area is 99.6 Å². The molecule has 1 saturated carbocycles. The maximum Gasteiger partial charge on any atom is 0.162 e. The predicted octanol–water partition coefficient (Wildman–Crippen LogP) is 4.22. The lowest BCUT2D eigenvalue weighted by Gasteiger charge is -2.09. The van der Waals surface area contributed by atoms with Crippen LogP contribution in [0.4, 0.5) is 8.78 Å². The first kappa shape index (κ1) is 11.8. The molecule has 1 aromatic rings. The third-order valence-corrected chi connectivity index (χ3v) is 3.75. The van der Waals surface area contributed by atoms with Crippen LogP contribution < -0.4 is 0 Å². The van der Waals surface area contributed by atoms with Crippen molar-refractivity contribution in [2.75, 3.05) is 0 Å². The zero-order valence-electron chi connectivity index (χ0n) is 9.27. The average molecular weight is 245 g/mol. The summed E-state index contributed by atoms with van der Waals surface area (Å²) in [4.78, 5) is 0. The first-order valence-electron chi connectivity index (χ1n) is 5.67. The Kier molecular flexibility index (Phi) is 3.48. The van der Waals surface area contributed by atoms with Gasteiger partial charge in [0.25, 0.3) is 0 Å². The van der Waals surface area contributed by atoms with Crippen LogP contribution in [0.1, 0.15) is 30.4 Å². The van der Waals surface area contributed by atoms with E-state index < -0.39 is 11.6 Å². The highest BCUT2D eigenvalue weighted by Crippen LogP contribution is 2.37. The van der Waals surface area contributed by atoms with E-state index >= 15 is 0 Å². The summed E-state index contributed by atoms with van der Waals surface area (Å²) in [5.74, 6) is -0.838. The minimum Gasteiger partial charge on any atom is -0.203 e. The van der Waals surface area contributed by atoms with E-state index in [9.17, 15) is 8.78 Å². The van der Waals surface area contributed by atoms with Gasteiger partial charge < -0.3 is 0 Å². The zero-order chi connectivity index (χ0) is 11.7. The molecule has 88 valence electrons. The van der Waals surface area contributed by atoms with E-state index in [1.807, 2.05) is 0 Å². The lowest BCUT2D eigenvalue weighted by Crippen LogP contribution is -2.05. The fourth-order valence-electron chi connectivity index (χ4n) is 1.87. The van der Waals surface area contributed by atoms with Crippen LogP contribution in [0.5, 0.6) is 0 Å². The summed E-state index contributed by atoms with van der Waals surface area (Å²) in [7, 11) is 0. The highest BCUT2D eigenvalue weighted by Gasteiger charge is 2.29. The highest BCUT2D eigenvalue weighted by molar-refractivity contribution is 6.20. The van der Waals surface area contributed by atoms with Gasteiger partial charge in [-0.05, 0) is 49.7 Å². The number of hydrogen-bond acceptors (Lipinski definition) is 0. The molecule has 0 radical (unpaired) electrons. The second kappa shape index (κ2) is 4.70. The molecule has 0 bridgehead atoms. The van der Waals surface area contributed by atoms with E-state index in [0.29, 0.717) is 23.5 Å². The summed E-state index contributed by atoms with van der Waals surface area (Å²) < 4.78 is 26.8. The third-order valence-electron chi connectivity index (χ3n) is 3.18. The standard InChI is InChI=1S/C13H15ClF2/c1-8-2-3-10(13(16)12(8)15)6-7-11(14)9-4-5-9/h2-3,9,11H,4-7H2,1H3. The largest absolute Gasteiger partial charge is 0.203 e. The molecule has 1 aliphatic rings. The van der Waals surface area contributed by atoms with Crippen molar-refractivity contribution < 1.29 is 8.78 Å². The Bertz CT molecular complexity index is 386. The van der Waals surface area contributed by atoms with Crippen LogP contribution in [0.2, 0.25) is 0 Å². The van der Waals surface area contributed by atoms with Crippen molar-refractivity contribution in [1.82, 2.24) is 0 Å². The first-order valence-corrected chi connectivity index (χ1v) is 6.10. The van der Waals surface area contributed by atoms with E-state index in [0.717, 1.165) is 6.42 Å². The molecule has 1 aliphatic carbocycles. The summed E-state index contributed by atoms with van der Waals surface area (Å²) in [6.45, 7) is 1.57. The molecule has 1 fully saturated rings. The van der Waals surface area contributed by atoms with Gasteiger partial charge in [0.1, 0.15) is 0 Å². The Morgan fingerprint density at radius 2 is 2.00 bits per heavy atom. The average Bonchev–Trinajstić information content (AvgIpc) is 3.08. The van der Waals surface area contributed by atoms with Crippen LogP contribution >= 0.6 is 11.6 Å². The SMILES string of the molecule is Cc1ccc(CCC(Cl)C2CC2)c(F)c1F. The lowest BCUT2D eigenvalue weighted by atomic mass is 10.0. The van der Waals surface area contributed by atoms with Gasteiger partial charge in [-0.3, -0.25) is 0 Å². The van der Waals surface area contributed by atoms with E-state index in [4.69, 9.17) is 11.6 Å². The molecule has 1 unspecified atom stereocenters. The quantitative estimate of drug-likeness (QED) is 0.696. The summed E-state index contributed by atoms with van der Waals surface area (Å²) in [5.41, 5.74) is 0.792. The number of alkyl halides is 1. The Hall–Kier alpha value is -0.630. The smallest absolute Gasteiger partial charge is 0.162 e. The summed E-state index contributed by atoms with van der Waals surface area (Å²) in [6.07, 6.45) is 3.61. The minimum absolute atomic E-state index is 0.115. The van der Waals surface area contributed by atoms with Gasteiger partial charge in [0.2, 0.25) is 0 Å². The van der Waals surface area contributed by atoms with Crippen molar-refractivity contribution >= 4 is 11.6 Å². The Morgan fingerprint density at radius 1 is 1.31 bits per heavy atom. The number of aryl methyl sites for hydroxylation is 2. The van der Waals surface area contributed by atoms with Crippen LogP contribution in [0, 0.1) is 24.5 Å². The second-order valence-electron chi connectivity index (χ2n) is 4.56. The van der Waals surface area contributed by atoms with Crippen molar-refractivity contribution in [3.63, 3.8) is 0 Å². The third kappa shape index (κ3) is 2.54. The van der Waals surface area contributed by atoms with Gasteiger partial charge in [0.05, 0.1) is 0 Å². The zero-order valence-corrected chi connectivity index (χ0v) is 10.0. The summed E-state index contributed by atoms with van der Waals surface area (Å²) in [6, 6.07) is 3.28. The Morgan fingerprint density at radius 3 is 2.62 bits per heavy atom. The van der Waals surface area contributed by atoms with E-state index in [2.05, 4.69) is 0 Å². The molecule has 16 heavy (non-hydrogen) atoms. The minimum atomic E-state index is -0.727. The molecule has 1 aromatic carbocycles. The molecule has 0 N–H and O–H groups in total. The van der Waals surface area contributed by atoms with Crippen molar-refractivity contribution in [2.45, 2.75) is 38.0 Å². The maximum absolute atomic E-state index is 13.5. The monoisotopic (exact) mass is 244 g/mol. The van der Waals surface area contributed by atoms with Crippen molar-refractivity contribution in [2.24, 2.45) is 5.92 Å². The van der Waals surface area contributed by atoms with E-state index in [1.54, 1.807) is 19.1 Å². The molecule has 0 aliphatic heterocycles. The molecule has 0 aromatic heterocycles. The molecule has 0 nitrogen and oxygen atoms in total.